The van der Waals surface area contributed by atoms with Crippen LogP contribution in [0, 0.1) is 6.92 Å². The third kappa shape index (κ3) is 4.15. The maximum atomic E-state index is 13.0. The average molecular weight is 530 g/mol. The number of nitrogens with one attached hydrogen (secondary N) is 2. The molecule has 13 nitrogen and oxygen atoms in total. The van der Waals surface area contributed by atoms with Crippen LogP contribution in [0.25, 0.3) is 11.0 Å². The highest BCUT2D eigenvalue weighted by Crippen LogP contribution is 2.40. The molecule has 0 bridgehead atoms. The standard InChI is InChI=1S/C21H20N8O5S2/c1-9-23-11-3-4-28(6-12(11)24-9)5-10-7-35-19-15(18(31)29(19)16(10)20(32)33)26-17(30)14(27-34-2)13-8-36-21(22)25-13/h3-4,6,8,15,19H,5,7H2,1-2H3,(H4,22,25,26,30,32,33)/p+1/b27-14-/t15-,19-/m1/s1. The number of nitrogens with zero attached hydrogens (tertiary/aromatic N) is 5. The number of carbonyl (C=O) groups excluding carboxylic acids is 2. The number of anilines is 1. The molecule has 5 rings (SSSR count). The number of thioether (sulfide) groups is 1. The summed E-state index contributed by atoms with van der Waals surface area (Å²) in [6.07, 6.45) is 3.66. The summed E-state index contributed by atoms with van der Waals surface area (Å²) >= 11 is 2.51. The van der Waals surface area contributed by atoms with E-state index >= 15 is 0 Å². The molecule has 0 radical (unpaired) electrons. The number of rotatable bonds is 7. The van der Waals surface area contributed by atoms with Crippen LogP contribution in [0.4, 0.5) is 5.13 Å². The van der Waals surface area contributed by atoms with Crippen LogP contribution in [0.2, 0.25) is 0 Å². The van der Waals surface area contributed by atoms with E-state index < -0.39 is 29.2 Å². The molecule has 3 aromatic heterocycles. The number of nitrogen functional groups attached to an aromatic ring is 1. The van der Waals surface area contributed by atoms with Gasteiger partial charge in [-0.2, -0.15) is 4.57 Å². The lowest BCUT2D eigenvalue weighted by atomic mass is 10.0. The number of hydrogen-bond donors (Lipinski definition) is 4. The van der Waals surface area contributed by atoms with Crippen molar-refractivity contribution in [1.82, 2.24) is 25.2 Å². The molecular weight excluding hydrogens is 508 g/mol. The summed E-state index contributed by atoms with van der Waals surface area (Å²) < 4.78 is 1.84. The van der Waals surface area contributed by atoms with Crippen molar-refractivity contribution in [2.24, 2.45) is 5.16 Å². The molecule has 2 atom stereocenters. The molecular formula is C21H21N8O5S2+. The van der Waals surface area contributed by atoms with Crippen LogP contribution in [0.1, 0.15) is 11.5 Å². The van der Waals surface area contributed by atoms with Gasteiger partial charge >= 0.3 is 5.97 Å². The topological polar surface area (TPSA) is 180 Å². The molecule has 1 saturated heterocycles. The van der Waals surface area contributed by atoms with Crippen LogP contribution in [0.15, 0.2) is 40.3 Å². The first-order valence-electron chi connectivity index (χ1n) is 10.7. The number of carbonyl (C=O) groups is 3. The average Bonchev–Trinajstić information content (AvgIpc) is 3.44. The lowest BCUT2D eigenvalue weighted by Crippen LogP contribution is -2.71. The fourth-order valence-electron chi connectivity index (χ4n) is 4.15. The number of β-lactam (4-membered cyclic amide) rings is 1. The van der Waals surface area contributed by atoms with Gasteiger partial charge < -0.3 is 26.0 Å². The van der Waals surface area contributed by atoms with E-state index in [9.17, 15) is 19.5 Å². The molecule has 5 heterocycles. The number of fused-ring (bicyclic) bond motifs is 2. The van der Waals surface area contributed by atoms with Crippen molar-refractivity contribution in [1.29, 1.82) is 0 Å². The second kappa shape index (κ2) is 9.23. The summed E-state index contributed by atoms with van der Waals surface area (Å²) in [4.78, 5) is 55.6. The van der Waals surface area contributed by atoms with Crippen molar-refractivity contribution in [2.45, 2.75) is 24.9 Å². The van der Waals surface area contributed by atoms with E-state index in [0.29, 0.717) is 11.3 Å². The van der Waals surface area contributed by atoms with E-state index in [-0.39, 0.29) is 28.8 Å². The van der Waals surface area contributed by atoms with E-state index in [0.717, 1.165) is 28.2 Å². The summed E-state index contributed by atoms with van der Waals surface area (Å²) in [7, 11) is 1.28. The molecule has 2 aliphatic heterocycles. The van der Waals surface area contributed by atoms with Crippen molar-refractivity contribution in [2.75, 3.05) is 18.6 Å². The highest BCUT2D eigenvalue weighted by atomic mass is 32.2. The molecule has 0 unspecified atom stereocenters. The highest BCUT2D eigenvalue weighted by Gasteiger charge is 2.54. The van der Waals surface area contributed by atoms with E-state index in [1.165, 1.54) is 23.8 Å². The molecule has 1 fully saturated rings. The molecule has 3 aromatic rings. The van der Waals surface area contributed by atoms with Crippen molar-refractivity contribution in [3.05, 3.63) is 46.6 Å². The van der Waals surface area contributed by atoms with Gasteiger partial charge in [-0.1, -0.05) is 5.16 Å². The smallest absolute Gasteiger partial charge is 0.352 e. The minimum atomic E-state index is -1.20. The molecule has 5 N–H and O–H groups in total. The number of aliphatic carboxylic acids is 1. The molecule has 2 amide bonds. The number of thiazole rings is 1. The van der Waals surface area contributed by atoms with Crippen LogP contribution in [0.5, 0.6) is 0 Å². The Labute approximate surface area is 212 Å². The second-order valence-electron chi connectivity index (χ2n) is 8.05. The van der Waals surface area contributed by atoms with E-state index in [1.54, 1.807) is 5.38 Å². The largest absolute Gasteiger partial charge is 0.477 e. The van der Waals surface area contributed by atoms with Crippen LogP contribution >= 0.6 is 23.1 Å². The molecule has 0 saturated carbocycles. The monoisotopic (exact) mass is 529 g/mol. The van der Waals surface area contributed by atoms with E-state index in [1.807, 2.05) is 30.0 Å². The Balaban J connectivity index is 1.36. The van der Waals surface area contributed by atoms with Gasteiger partial charge in [0.25, 0.3) is 11.8 Å². The van der Waals surface area contributed by atoms with Gasteiger partial charge in [0, 0.05) is 22.8 Å². The highest BCUT2D eigenvalue weighted by molar-refractivity contribution is 8.00. The third-order valence-corrected chi connectivity index (χ3v) is 7.68. The number of aromatic nitrogens is 4. The first kappa shape index (κ1) is 23.7. The second-order valence-corrected chi connectivity index (χ2v) is 10.0. The SMILES string of the molecule is CO/N=C(\C(=O)N[C@@H]1C(=O)N2C(C(=O)O)=C(C[n+]3ccc4nc(C)[nH]c4c3)CS[C@H]12)c1csc(N)n1. The number of aromatic amines is 1. The number of H-pyrrole nitrogens is 1. The number of imidazole rings is 1. The minimum absolute atomic E-state index is 0.0688. The molecule has 15 heteroatoms. The third-order valence-electron chi connectivity index (χ3n) is 5.67. The van der Waals surface area contributed by atoms with Gasteiger partial charge in [0.2, 0.25) is 0 Å². The molecule has 0 spiro atoms. The summed E-state index contributed by atoms with van der Waals surface area (Å²) in [5.41, 5.74) is 7.88. The zero-order chi connectivity index (χ0) is 25.6. The fraction of sp³-hybridized carbons (Fsp3) is 0.286. The van der Waals surface area contributed by atoms with Crippen LogP contribution in [0.3, 0.4) is 0 Å². The Morgan fingerprint density at radius 3 is 2.94 bits per heavy atom. The van der Waals surface area contributed by atoms with Crippen LogP contribution in [-0.4, -0.2) is 72.7 Å². The molecule has 0 aliphatic carbocycles. The zero-order valence-electron chi connectivity index (χ0n) is 19.1. The Hall–Kier alpha value is -3.98. The molecule has 0 aromatic carbocycles. The maximum absolute atomic E-state index is 13.0. The summed E-state index contributed by atoms with van der Waals surface area (Å²) in [5.74, 6) is -1.25. The van der Waals surface area contributed by atoms with E-state index in [2.05, 4.69) is 25.4 Å². The number of carboxylic acids is 1. The van der Waals surface area contributed by atoms with Gasteiger partial charge in [-0.05, 0) is 6.92 Å². The van der Waals surface area contributed by atoms with Crippen LogP contribution < -0.4 is 15.6 Å². The summed E-state index contributed by atoms with van der Waals surface area (Å²) in [6.45, 7) is 2.14. The predicted octanol–water partition coefficient (Wildman–Crippen LogP) is -0.0132. The zero-order valence-corrected chi connectivity index (χ0v) is 20.7. The predicted molar refractivity (Wildman–Crippen MR) is 131 cm³/mol. The van der Waals surface area contributed by atoms with Crippen molar-refractivity contribution in [3.63, 3.8) is 0 Å². The Morgan fingerprint density at radius 1 is 1.44 bits per heavy atom. The van der Waals surface area contributed by atoms with Gasteiger partial charge in [0.05, 0.1) is 0 Å². The maximum Gasteiger partial charge on any atom is 0.352 e. The number of pyridine rings is 1. The molecule has 2 aliphatic rings. The lowest BCUT2D eigenvalue weighted by Gasteiger charge is -2.49. The normalized spacial score (nSPS) is 19.8. The number of nitrogens with two attached hydrogens (primary N) is 1. The van der Waals surface area contributed by atoms with Crippen LogP contribution in [-0.2, 0) is 25.8 Å². The molecule has 36 heavy (non-hydrogen) atoms. The fourth-order valence-corrected chi connectivity index (χ4v) is 6.04. The first-order valence-corrected chi connectivity index (χ1v) is 12.6. The van der Waals surface area contributed by atoms with Crippen molar-refractivity contribution in [3.8, 4) is 0 Å². The minimum Gasteiger partial charge on any atom is -0.477 e. The van der Waals surface area contributed by atoms with Gasteiger partial charge in [-0.25, -0.2) is 14.8 Å². The quantitative estimate of drug-likeness (QED) is 0.142. The Kier molecular flexibility index (Phi) is 6.09. The first-order chi connectivity index (χ1) is 17.3. The number of aryl methyl sites for hydroxylation is 1. The Bertz CT molecular complexity index is 1460. The van der Waals surface area contributed by atoms with E-state index in [4.69, 9.17) is 10.6 Å². The Morgan fingerprint density at radius 2 is 2.25 bits per heavy atom. The van der Waals surface area contributed by atoms with Gasteiger partial charge in [-0.15, -0.1) is 23.1 Å². The van der Waals surface area contributed by atoms with Crippen molar-refractivity contribution < 1.29 is 28.9 Å². The number of carboxylic acid groups (broad SMARTS) is 1. The molecule has 186 valence electrons. The van der Waals surface area contributed by atoms with Gasteiger partial charge in [-0.3, -0.25) is 14.5 Å². The number of oxime groups is 1. The summed E-state index contributed by atoms with van der Waals surface area (Å²) in [6, 6.07) is 0.919. The summed E-state index contributed by atoms with van der Waals surface area (Å²) in [5, 5.41) is 17.5. The van der Waals surface area contributed by atoms with Crippen molar-refractivity contribution >= 4 is 62.8 Å². The van der Waals surface area contributed by atoms with Gasteiger partial charge in [0.1, 0.15) is 46.8 Å². The lowest BCUT2D eigenvalue weighted by molar-refractivity contribution is -0.687. The number of hydrogen-bond acceptors (Lipinski definition) is 10. The number of amides is 2. The van der Waals surface area contributed by atoms with Gasteiger partial charge in [0.15, 0.2) is 29.8 Å².